The van der Waals surface area contributed by atoms with Crippen molar-refractivity contribution in [3.05, 3.63) is 60.2 Å². The van der Waals surface area contributed by atoms with Crippen LogP contribution < -0.4 is 15.4 Å². The minimum atomic E-state index is 0.113. The third-order valence-corrected chi connectivity index (χ3v) is 5.98. The molecule has 1 aliphatic rings. The average molecular weight is 438 g/mol. The third-order valence-electron chi connectivity index (χ3n) is 5.98. The van der Waals surface area contributed by atoms with Gasteiger partial charge in [0, 0.05) is 12.2 Å². The summed E-state index contributed by atoms with van der Waals surface area (Å²) < 4.78 is 5.86. The van der Waals surface area contributed by atoms with Crippen LogP contribution in [0, 0.1) is 0 Å². The Morgan fingerprint density at radius 3 is 2.47 bits per heavy atom. The fraction of sp³-hybridized carbons (Fsp3) is 0.519. The predicted molar refractivity (Wildman–Crippen MR) is 132 cm³/mol. The Labute approximate surface area is 193 Å². The summed E-state index contributed by atoms with van der Waals surface area (Å²) in [6.07, 6.45) is 8.00. The zero-order valence-electron chi connectivity index (χ0n) is 19.5. The zero-order valence-corrected chi connectivity index (χ0v) is 19.5. The van der Waals surface area contributed by atoms with Crippen molar-refractivity contribution in [3.63, 3.8) is 0 Å². The molecule has 0 aliphatic carbocycles. The largest absolute Gasteiger partial charge is 0.494 e. The molecule has 0 saturated carbocycles. The molecule has 0 radical (unpaired) electrons. The summed E-state index contributed by atoms with van der Waals surface area (Å²) in [5, 5.41) is 6.75. The fourth-order valence-corrected chi connectivity index (χ4v) is 4.13. The van der Waals surface area contributed by atoms with Gasteiger partial charge in [0.2, 0.25) is 5.91 Å². The van der Waals surface area contributed by atoms with Crippen LogP contribution in [0.4, 0.5) is 5.69 Å². The Bertz CT molecular complexity index is 773. The second-order valence-corrected chi connectivity index (χ2v) is 8.66. The molecule has 0 bridgehead atoms. The van der Waals surface area contributed by atoms with Crippen LogP contribution in [0.2, 0.25) is 0 Å². The molecule has 1 heterocycles. The first-order valence-electron chi connectivity index (χ1n) is 12.3. The normalized spacial score (nSPS) is 15.2. The van der Waals surface area contributed by atoms with E-state index in [1.165, 1.54) is 37.7 Å². The second-order valence-electron chi connectivity index (χ2n) is 8.66. The maximum Gasteiger partial charge on any atom is 0.234 e. The van der Waals surface area contributed by atoms with Crippen molar-refractivity contribution in [1.29, 1.82) is 0 Å². The number of carbonyl (C=O) groups is 1. The molecule has 5 nitrogen and oxygen atoms in total. The number of ether oxygens (including phenoxy) is 1. The molecule has 3 rings (SSSR count). The molecule has 1 aliphatic heterocycles. The highest BCUT2D eigenvalue weighted by molar-refractivity contribution is 5.78. The van der Waals surface area contributed by atoms with Crippen molar-refractivity contribution in [2.24, 2.45) is 0 Å². The Balaban J connectivity index is 1.53. The van der Waals surface area contributed by atoms with Gasteiger partial charge in [0.1, 0.15) is 5.75 Å². The molecule has 1 saturated heterocycles. The maximum atomic E-state index is 12.4. The van der Waals surface area contributed by atoms with Crippen LogP contribution in [-0.4, -0.2) is 43.6 Å². The number of amides is 1. The maximum absolute atomic E-state index is 12.4. The van der Waals surface area contributed by atoms with E-state index < -0.39 is 0 Å². The number of rotatable bonds is 13. The molecule has 174 valence electrons. The first-order valence-corrected chi connectivity index (χ1v) is 12.3. The minimum absolute atomic E-state index is 0.113. The van der Waals surface area contributed by atoms with E-state index in [1.54, 1.807) is 0 Å². The molecule has 32 heavy (non-hydrogen) atoms. The lowest BCUT2D eigenvalue weighted by atomic mass is 10.0. The molecule has 2 aromatic carbocycles. The van der Waals surface area contributed by atoms with Crippen molar-refractivity contribution >= 4 is 11.6 Å². The lowest BCUT2D eigenvalue weighted by molar-refractivity contribution is -0.122. The summed E-state index contributed by atoms with van der Waals surface area (Å²) >= 11 is 0. The number of nitrogens with zero attached hydrogens (tertiary/aromatic N) is 1. The van der Waals surface area contributed by atoms with Crippen LogP contribution >= 0.6 is 0 Å². The van der Waals surface area contributed by atoms with Gasteiger partial charge in [0.15, 0.2) is 0 Å². The van der Waals surface area contributed by atoms with Gasteiger partial charge in [0.05, 0.1) is 19.2 Å². The average Bonchev–Trinajstić information content (AvgIpc) is 2.83. The van der Waals surface area contributed by atoms with Gasteiger partial charge in [-0.05, 0) is 68.6 Å². The number of nitrogens with one attached hydrogen (secondary N) is 2. The molecule has 1 unspecified atom stereocenters. The molecular formula is C27H39N3O2. The van der Waals surface area contributed by atoms with E-state index in [2.05, 4.69) is 58.9 Å². The standard InChI is InChI=1S/C27H39N3O2/c1-2-3-10-21-32-25-15-13-23(14-16-25)26(29-24-11-6-4-7-12-24)17-18-28-27(31)22-30-19-8-5-9-20-30/h4,6-7,11-16,26,29H,2-3,5,8-10,17-22H2,1H3,(H,28,31). The summed E-state index contributed by atoms with van der Waals surface area (Å²) in [7, 11) is 0. The number of anilines is 1. The Hall–Kier alpha value is -2.53. The number of likely N-dealkylation sites (tertiary alicyclic amines) is 1. The molecule has 1 fully saturated rings. The number of hydrogen-bond acceptors (Lipinski definition) is 4. The summed E-state index contributed by atoms with van der Waals surface area (Å²) in [5.41, 5.74) is 2.28. The van der Waals surface area contributed by atoms with Crippen LogP contribution in [0.5, 0.6) is 5.75 Å². The Morgan fingerprint density at radius 2 is 1.75 bits per heavy atom. The highest BCUT2D eigenvalue weighted by atomic mass is 16.5. The number of benzene rings is 2. The lowest BCUT2D eigenvalue weighted by Crippen LogP contribution is -2.40. The minimum Gasteiger partial charge on any atom is -0.494 e. The number of carbonyl (C=O) groups excluding carboxylic acids is 1. The van der Waals surface area contributed by atoms with E-state index in [0.29, 0.717) is 13.1 Å². The van der Waals surface area contributed by atoms with Crippen LogP contribution in [0.25, 0.3) is 0 Å². The smallest absolute Gasteiger partial charge is 0.234 e. The Kier molecular flexibility index (Phi) is 10.4. The van der Waals surface area contributed by atoms with Gasteiger partial charge in [-0.15, -0.1) is 0 Å². The van der Waals surface area contributed by atoms with Crippen LogP contribution in [0.3, 0.4) is 0 Å². The molecule has 1 atom stereocenters. The molecule has 2 N–H and O–H groups in total. The van der Waals surface area contributed by atoms with Crippen molar-refractivity contribution < 1.29 is 9.53 Å². The van der Waals surface area contributed by atoms with Gasteiger partial charge in [-0.1, -0.05) is 56.5 Å². The fourth-order valence-electron chi connectivity index (χ4n) is 4.13. The van der Waals surface area contributed by atoms with Crippen LogP contribution in [-0.2, 0) is 4.79 Å². The van der Waals surface area contributed by atoms with E-state index in [4.69, 9.17) is 4.74 Å². The second kappa shape index (κ2) is 13.8. The van der Waals surface area contributed by atoms with Gasteiger partial charge >= 0.3 is 0 Å². The number of hydrogen-bond donors (Lipinski definition) is 2. The van der Waals surface area contributed by atoms with Gasteiger partial charge in [0.25, 0.3) is 0 Å². The van der Waals surface area contributed by atoms with E-state index >= 15 is 0 Å². The van der Waals surface area contributed by atoms with Gasteiger partial charge in [-0.3, -0.25) is 9.69 Å². The van der Waals surface area contributed by atoms with E-state index in [9.17, 15) is 4.79 Å². The van der Waals surface area contributed by atoms with E-state index in [1.807, 2.05) is 18.2 Å². The first-order chi connectivity index (χ1) is 15.7. The summed E-state index contributed by atoms with van der Waals surface area (Å²) in [5.74, 6) is 1.04. The number of piperidine rings is 1. The summed E-state index contributed by atoms with van der Waals surface area (Å²) in [6, 6.07) is 18.7. The van der Waals surface area contributed by atoms with Crippen molar-refractivity contribution in [2.45, 2.75) is 57.9 Å². The van der Waals surface area contributed by atoms with Crippen molar-refractivity contribution in [2.75, 3.05) is 38.1 Å². The van der Waals surface area contributed by atoms with Crippen molar-refractivity contribution in [3.8, 4) is 5.75 Å². The van der Waals surface area contributed by atoms with Gasteiger partial charge in [-0.25, -0.2) is 0 Å². The monoisotopic (exact) mass is 437 g/mol. The molecule has 0 spiro atoms. The molecular weight excluding hydrogens is 398 g/mol. The van der Waals surface area contributed by atoms with Gasteiger partial charge < -0.3 is 15.4 Å². The predicted octanol–water partition coefficient (Wildman–Crippen LogP) is 5.40. The first kappa shape index (κ1) is 24.1. The molecule has 1 amide bonds. The number of unbranched alkanes of at least 4 members (excludes halogenated alkanes) is 2. The molecule has 2 aromatic rings. The quantitative estimate of drug-likeness (QED) is 0.412. The summed E-state index contributed by atoms with van der Waals surface area (Å²) in [6.45, 7) is 6.21. The van der Waals surface area contributed by atoms with Crippen LogP contribution in [0.1, 0.15) is 63.5 Å². The number of para-hydroxylation sites is 1. The van der Waals surface area contributed by atoms with Crippen molar-refractivity contribution in [1.82, 2.24) is 10.2 Å². The van der Waals surface area contributed by atoms with Gasteiger partial charge in [-0.2, -0.15) is 0 Å². The topological polar surface area (TPSA) is 53.6 Å². The molecule has 5 heteroatoms. The highest BCUT2D eigenvalue weighted by Crippen LogP contribution is 2.24. The van der Waals surface area contributed by atoms with E-state index in [0.717, 1.165) is 44.0 Å². The van der Waals surface area contributed by atoms with Crippen LogP contribution in [0.15, 0.2) is 54.6 Å². The SMILES string of the molecule is CCCCCOc1ccc(C(CCNC(=O)CN2CCCCC2)Nc2ccccc2)cc1. The highest BCUT2D eigenvalue weighted by Gasteiger charge is 2.15. The zero-order chi connectivity index (χ0) is 22.4. The lowest BCUT2D eigenvalue weighted by Gasteiger charge is -2.26. The molecule has 0 aromatic heterocycles. The third kappa shape index (κ3) is 8.54. The summed E-state index contributed by atoms with van der Waals surface area (Å²) in [4.78, 5) is 14.7. The van der Waals surface area contributed by atoms with E-state index in [-0.39, 0.29) is 11.9 Å². The Morgan fingerprint density at radius 1 is 1.00 bits per heavy atom.